The standard InChI is InChI=1S/C11H14F4N2O2/c12-7-3-5(10(19)9(18)1-2-16)6(4-8(7)17)11(13,14)15/h3-4,9-10,18-19H,1-2,16-17H2. The molecular weight excluding hydrogens is 268 g/mol. The monoisotopic (exact) mass is 282 g/mol. The van der Waals surface area contributed by atoms with E-state index in [1.807, 2.05) is 0 Å². The number of nitrogens with two attached hydrogens (primary N) is 2. The van der Waals surface area contributed by atoms with Crippen LogP contribution in [-0.2, 0) is 6.18 Å². The third-order valence-electron chi connectivity index (χ3n) is 2.62. The van der Waals surface area contributed by atoms with Gasteiger partial charge in [-0.2, -0.15) is 13.2 Å². The molecule has 0 aliphatic heterocycles. The summed E-state index contributed by atoms with van der Waals surface area (Å²) in [5.74, 6) is -1.10. The Morgan fingerprint density at radius 2 is 1.79 bits per heavy atom. The average Bonchev–Trinajstić information content (AvgIpc) is 2.30. The number of alkyl halides is 3. The first-order valence-corrected chi connectivity index (χ1v) is 5.40. The van der Waals surface area contributed by atoms with Crippen molar-refractivity contribution in [3.63, 3.8) is 0 Å². The Bertz CT molecular complexity index is 451. The van der Waals surface area contributed by atoms with Crippen LogP contribution in [0.25, 0.3) is 0 Å². The van der Waals surface area contributed by atoms with Gasteiger partial charge in [0.2, 0.25) is 0 Å². The predicted molar refractivity (Wildman–Crippen MR) is 60.5 cm³/mol. The van der Waals surface area contributed by atoms with Gasteiger partial charge in [0.15, 0.2) is 0 Å². The van der Waals surface area contributed by atoms with Crippen molar-refractivity contribution in [2.24, 2.45) is 5.73 Å². The molecule has 1 aromatic rings. The molecule has 0 saturated heterocycles. The van der Waals surface area contributed by atoms with Crippen LogP contribution in [0.3, 0.4) is 0 Å². The number of aliphatic hydroxyl groups is 2. The molecule has 0 bridgehead atoms. The molecule has 0 aliphatic rings. The first-order valence-electron chi connectivity index (χ1n) is 5.40. The molecule has 0 heterocycles. The van der Waals surface area contributed by atoms with Crippen molar-refractivity contribution < 1.29 is 27.8 Å². The Morgan fingerprint density at radius 3 is 2.26 bits per heavy atom. The zero-order chi connectivity index (χ0) is 14.8. The van der Waals surface area contributed by atoms with E-state index in [4.69, 9.17) is 11.5 Å². The van der Waals surface area contributed by atoms with Crippen LogP contribution >= 0.6 is 0 Å². The second kappa shape index (κ2) is 5.72. The molecule has 0 spiro atoms. The number of anilines is 1. The van der Waals surface area contributed by atoms with Gasteiger partial charge in [-0.25, -0.2) is 4.39 Å². The van der Waals surface area contributed by atoms with Crippen molar-refractivity contribution in [1.82, 2.24) is 0 Å². The van der Waals surface area contributed by atoms with Gasteiger partial charge in [0.1, 0.15) is 11.9 Å². The molecule has 19 heavy (non-hydrogen) atoms. The first-order chi connectivity index (χ1) is 8.68. The molecule has 0 fully saturated rings. The van der Waals surface area contributed by atoms with Gasteiger partial charge in [-0.1, -0.05) is 0 Å². The average molecular weight is 282 g/mol. The normalized spacial score (nSPS) is 15.3. The highest BCUT2D eigenvalue weighted by Gasteiger charge is 2.37. The SMILES string of the molecule is NCCC(O)C(O)c1cc(F)c(N)cc1C(F)(F)F. The van der Waals surface area contributed by atoms with Gasteiger partial charge < -0.3 is 21.7 Å². The number of benzene rings is 1. The van der Waals surface area contributed by atoms with Crippen LogP contribution in [0.4, 0.5) is 23.2 Å². The van der Waals surface area contributed by atoms with Crippen LogP contribution in [0.1, 0.15) is 23.7 Å². The lowest BCUT2D eigenvalue weighted by atomic mass is 9.96. The van der Waals surface area contributed by atoms with E-state index in [-0.39, 0.29) is 13.0 Å². The molecule has 0 aliphatic carbocycles. The lowest BCUT2D eigenvalue weighted by Gasteiger charge is -2.22. The minimum atomic E-state index is -4.82. The summed E-state index contributed by atoms with van der Waals surface area (Å²) in [4.78, 5) is 0. The second-order valence-electron chi connectivity index (χ2n) is 4.05. The summed E-state index contributed by atoms with van der Waals surface area (Å²) in [6.45, 7) is -0.0307. The van der Waals surface area contributed by atoms with Crippen molar-refractivity contribution in [2.75, 3.05) is 12.3 Å². The highest BCUT2D eigenvalue weighted by molar-refractivity contribution is 5.48. The van der Waals surface area contributed by atoms with Crippen molar-refractivity contribution in [3.05, 3.63) is 29.1 Å². The van der Waals surface area contributed by atoms with Crippen LogP contribution in [-0.4, -0.2) is 22.9 Å². The summed E-state index contributed by atoms with van der Waals surface area (Å²) in [5, 5.41) is 19.1. The molecule has 2 atom stereocenters. The summed E-state index contributed by atoms with van der Waals surface area (Å²) in [6.07, 6.45) is -8.35. The summed E-state index contributed by atoms with van der Waals surface area (Å²) in [5.41, 5.74) is 7.49. The number of hydrogen-bond acceptors (Lipinski definition) is 4. The van der Waals surface area contributed by atoms with Gasteiger partial charge in [0.05, 0.1) is 17.4 Å². The van der Waals surface area contributed by atoms with Crippen molar-refractivity contribution in [1.29, 1.82) is 0 Å². The number of halogens is 4. The maximum atomic E-state index is 13.2. The topological polar surface area (TPSA) is 92.5 Å². The molecule has 0 radical (unpaired) electrons. The molecule has 6 N–H and O–H groups in total. The lowest BCUT2D eigenvalue weighted by molar-refractivity contribution is -0.139. The number of hydrogen-bond donors (Lipinski definition) is 4. The van der Waals surface area contributed by atoms with Gasteiger partial charge in [0.25, 0.3) is 0 Å². The van der Waals surface area contributed by atoms with Crippen LogP contribution in [0.15, 0.2) is 12.1 Å². The van der Waals surface area contributed by atoms with Gasteiger partial charge in [-0.3, -0.25) is 0 Å². The lowest BCUT2D eigenvalue weighted by Crippen LogP contribution is -2.24. The second-order valence-corrected chi connectivity index (χ2v) is 4.05. The summed E-state index contributed by atoms with van der Waals surface area (Å²) in [7, 11) is 0. The van der Waals surface area contributed by atoms with Gasteiger partial charge in [-0.15, -0.1) is 0 Å². The van der Waals surface area contributed by atoms with E-state index in [2.05, 4.69) is 0 Å². The Labute approximate surface area is 106 Å². The first kappa shape index (κ1) is 15.7. The largest absolute Gasteiger partial charge is 0.416 e. The fraction of sp³-hybridized carbons (Fsp3) is 0.455. The molecule has 0 saturated carbocycles. The van der Waals surface area contributed by atoms with Gasteiger partial charge in [0, 0.05) is 0 Å². The van der Waals surface area contributed by atoms with E-state index >= 15 is 0 Å². The minimum Gasteiger partial charge on any atom is -0.396 e. The van der Waals surface area contributed by atoms with Crippen molar-refractivity contribution in [3.8, 4) is 0 Å². The number of rotatable bonds is 4. The van der Waals surface area contributed by atoms with Crippen molar-refractivity contribution >= 4 is 5.69 Å². The summed E-state index contributed by atoms with van der Waals surface area (Å²) < 4.78 is 51.6. The Hall–Kier alpha value is -1.38. The van der Waals surface area contributed by atoms with Gasteiger partial charge in [-0.05, 0) is 30.7 Å². The highest BCUT2D eigenvalue weighted by Crippen LogP contribution is 2.37. The van der Waals surface area contributed by atoms with E-state index in [0.717, 1.165) is 0 Å². The van der Waals surface area contributed by atoms with Crippen LogP contribution < -0.4 is 11.5 Å². The smallest absolute Gasteiger partial charge is 0.396 e. The summed E-state index contributed by atoms with van der Waals surface area (Å²) in [6, 6.07) is 0.867. The quantitative estimate of drug-likeness (QED) is 0.492. The predicted octanol–water partition coefficient (Wildman–Crippen LogP) is 1.17. The van der Waals surface area contributed by atoms with E-state index in [9.17, 15) is 27.8 Å². The molecular formula is C11H14F4N2O2. The molecule has 1 aromatic carbocycles. The number of nitrogen functional groups attached to an aromatic ring is 1. The number of aliphatic hydroxyl groups excluding tert-OH is 2. The summed E-state index contributed by atoms with van der Waals surface area (Å²) >= 11 is 0. The van der Waals surface area contributed by atoms with Crippen LogP contribution in [0, 0.1) is 5.82 Å². The van der Waals surface area contributed by atoms with E-state index in [0.29, 0.717) is 12.1 Å². The van der Waals surface area contributed by atoms with Crippen molar-refractivity contribution in [2.45, 2.75) is 24.8 Å². The van der Waals surface area contributed by atoms with E-state index in [1.54, 1.807) is 0 Å². The molecule has 1 rings (SSSR count). The van der Waals surface area contributed by atoms with E-state index < -0.39 is 41.0 Å². The fourth-order valence-corrected chi connectivity index (χ4v) is 1.63. The van der Waals surface area contributed by atoms with Crippen LogP contribution in [0.2, 0.25) is 0 Å². The zero-order valence-corrected chi connectivity index (χ0v) is 9.78. The Morgan fingerprint density at radius 1 is 1.21 bits per heavy atom. The maximum absolute atomic E-state index is 13.2. The molecule has 0 amide bonds. The molecule has 108 valence electrons. The van der Waals surface area contributed by atoms with Gasteiger partial charge >= 0.3 is 6.18 Å². The fourth-order valence-electron chi connectivity index (χ4n) is 1.63. The third-order valence-corrected chi connectivity index (χ3v) is 2.62. The third kappa shape index (κ3) is 3.55. The Kier molecular flexibility index (Phi) is 4.72. The molecule has 2 unspecified atom stereocenters. The van der Waals surface area contributed by atoms with E-state index in [1.165, 1.54) is 0 Å². The van der Waals surface area contributed by atoms with Crippen LogP contribution in [0.5, 0.6) is 0 Å². The molecule has 8 heteroatoms. The molecule has 0 aromatic heterocycles. The molecule has 4 nitrogen and oxygen atoms in total. The zero-order valence-electron chi connectivity index (χ0n) is 9.78. The maximum Gasteiger partial charge on any atom is 0.416 e. The highest BCUT2D eigenvalue weighted by atomic mass is 19.4. The Balaban J connectivity index is 3.28. The minimum absolute atomic E-state index is 0.0307.